The van der Waals surface area contributed by atoms with Crippen LogP contribution >= 0.6 is 0 Å². The highest BCUT2D eigenvalue weighted by molar-refractivity contribution is 5.96. The Morgan fingerprint density at radius 2 is 2.38 bits per heavy atom. The maximum absolute atomic E-state index is 12.7. The van der Waals surface area contributed by atoms with E-state index in [2.05, 4.69) is 15.5 Å². The first-order valence-electron chi connectivity index (χ1n) is 8.62. The van der Waals surface area contributed by atoms with Crippen molar-refractivity contribution in [1.82, 2.24) is 20.4 Å². The second-order valence-electron chi connectivity index (χ2n) is 6.83. The minimum atomic E-state index is -0.616. The van der Waals surface area contributed by atoms with Gasteiger partial charge >= 0.3 is 0 Å². The molecule has 2 amide bonds. The van der Waals surface area contributed by atoms with Gasteiger partial charge in [0.25, 0.3) is 5.91 Å². The molecule has 2 aliphatic rings. The summed E-state index contributed by atoms with van der Waals surface area (Å²) in [6, 6.07) is 5.46. The zero-order valence-electron chi connectivity index (χ0n) is 14.5. The summed E-state index contributed by atoms with van der Waals surface area (Å²) < 4.78 is 10.6. The van der Waals surface area contributed by atoms with E-state index in [0.717, 1.165) is 0 Å². The Morgan fingerprint density at radius 1 is 1.50 bits per heavy atom. The van der Waals surface area contributed by atoms with Gasteiger partial charge in [-0.15, -0.1) is 0 Å². The Hall–Kier alpha value is -2.90. The van der Waals surface area contributed by atoms with Gasteiger partial charge < -0.3 is 19.5 Å². The van der Waals surface area contributed by atoms with Crippen molar-refractivity contribution in [3.63, 3.8) is 0 Å². The zero-order chi connectivity index (χ0) is 18.1. The fraction of sp³-hybridized carbons (Fsp3) is 0.444. The van der Waals surface area contributed by atoms with Gasteiger partial charge in [-0.05, 0) is 19.4 Å². The summed E-state index contributed by atoms with van der Waals surface area (Å²) in [5.41, 5.74) is 0.388. The molecule has 0 bridgehead atoms. The smallest absolute Gasteiger partial charge is 0.259 e. The standard InChI is InChI=1S/C18H20N4O4/c1-12-14(10-26-21-12)16(23)22-7-5-18(11-22)13(8-20-17(18)24)9-25-15-4-2-3-6-19-15/h2-4,6,10,13H,5,7-9,11H2,1H3,(H,20,24)/t13-,18-/m1/s1. The van der Waals surface area contributed by atoms with Crippen LogP contribution in [0, 0.1) is 18.3 Å². The molecule has 2 aromatic rings. The molecular formula is C18H20N4O4. The predicted octanol–water partition coefficient (Wildman–Crippen LogP) is 1.04. The second kappa shape index (κ2) is 6.44. The number of aromatic nitrogens is 2. The second-order valence-corrected chi connectivity index (χ2v) is 6.83. The number of hydrogen-bond acceptors (Lipinski definition) is 6. The summed E-state index contributed by atoms with van der Waals surface area (Å²) in [6.45, 7) is 3.55. The van der Waals surface area contributed by atoms with Crippen molar-refractivity contribution >= 4 is 11.8 Å². The van der Waals surface area contributed by atoms with Crippen LogP contribution in [0.2, 0.25) is 0 Å². The van der Waals surface area contributed by atoms with E-state index in [1.165, 1.54) is 6.26 Å². The molecule has 2 atom stereocenters. The number of carbonyl (C=O) groups excluding carboxylic acids is 2. The average Bonchev–Trinajstić information content (AvgIpc) is 3.36. The Bertz CT molecular complexity index is 822. The van der Waals surface area contributed by atoms with Gasteiger partial charge in [0, 0.05) is 37.8 Å². The van der Waals surface area contributed by atoms with Crippen LogP contribution in [0.3, 0.4) is 0 Å². The minimum absolute atomic E-state index is 0.00976. The van der Waals surface area contributed by atoms with Gasteiger partial charge in [-0.1, -0.05) is 11.2 Å². The van der Waals surface area contributed by atoms with Crippen LogP contribution in [0.1, 0.15) is 22.5 Å². The summed E-state index contributed by atoms with van der Waals surface area (Å²) >= 11 is 0. The van der Waals surface area contributed by atoms with Crippen molar-refractivity contribution in [1.29, 1.82) is 0 Å². The monoisotopic (exact) mass is 356 g/mol. The molecule has 0 saturated carbocycles. The molecule has 1 N–H and O–H groups in total. The highest BCUT2D eigenvalue weighted by atomic mass is 16.5. The van der Waals surface area contributed by atoms with E-state index in [1.54, 1.807) is 24.1 Å². The van der Waals surface area contributed by atoms with Crippen LogP contribution in [0.25, 0.3) is 0 Å². The topological polar surface area (TPSA) is 97.6 Å². The quantitative estimate of drug-likeness (QED) is 0.879. The maximum Gasteiger partial charge on any atom is 0.259 e. The number of nitrogens with one attached hydrogen (secondary N) is 1. The van der Waals surface area contributed by atoms with E-state index in [0.29, 0.717) is 49.8 Å². The first kappa shape index (κ1) is 16.6. The molecule has 2 fully saturated rings. The van der Waals surface area contributed by atoms with Gasteiger partial charge in [0.15, 0.2) is 0 Å². The molecule has 0 unspecified atom stereocenters. The molecule has 8 nitrogen and oxygen atoms in total. The van der Waals surface area contributed by atoms with Crippen molar-refractivity contribution in [3.05, 3.63) is 41.9 Å². The molecule has 2 saturated heterocycles. The molecule has 2 aromatic heterocycles. The van der Waals surface area contributed by atoms with Crippen molar-refractivity contribution in [2.45, 2.75) is 13.3 Å². The number of carbonyl (C=O) groups is 2. The lowest BCUT2D eigenvalue weighted by molar-refractivity contribution is -0.128. The van der Waals surface area contributed by atoms with E-state index >= 15 is 0 Å². The highest BCUT2D eigenvalue weighted by Crippen LogP contribution is 2.42. The van der Waals surface area contributed by atoms with Crippen LogP contribution < -0.4 is 10.1 Å². The molecule has 2 aliphatic heterocycles. The average molecular weight is 356 g/mol. The van der Waals surface area contributed by atoms with Gasteiger partial charge in [0.05, 0.1) is 17.7 Å². The molecule has 4 heterocycles. The summed E-state index contributed by atoms with van der Waals surface area (Å²) in [7, 11) is 0. The van der Waals surface area contributed by atoms with Crippen molar-refractivity contribution in [2.24, 2.45) is 11.3 Å². The van der Waals surface area contributed by atoms with Gasteiger partial charge in [-0.2, -0.15) is 0 Å². The lowest BCUT2D eigenvalue weighted by atomic mass is 9.77. The van der Waals surface area contributed by atoms with Crippen LogP contribution in [0.5, 0.6) is 5.88 Å². The van der Waals surface area contributed by atoms with E-state index in [9.17, 15) is 9.59 Å². The summed E-state index contributed by atoms with van der Waals surface area (Å²) in [6.07, 6.45) is 3.64. The van der Waals surface area contributed by atoms with Gasteiger partial charge in [0.1, 0.15) is 11.8 Å². The molecule has 1 spiro atoms. The van der Waals surface area contributed by atoms with Gasteiger partial charge in [-0.3, -0.25) is 9.59 Å². The van der Waals surface area contributed by atoms with Crippen molar-refractivity contribution in [2.75, 3.05) is 26.2 Å². The highest BCUT2D eigenvalue weighted by Gasteiger charge is 2.55. The van der Waals surface area contributed by atoms with Gasteiger partial charge in [0.2, 0.25) is 11.8 Å². The number of nitrogens with zero attached hydrogens (tertiary/aromatic N) is 3. The third-order valence-corrected chi connectivity index (χ3v) is 5.38. The normalized spacial score (nSPS) is 24.9. The lowest BCUT2D eigenvalue weighted by Crippen LogP contribution is -2.41. The molecular weight excluding hydrogens is 336 g/mol. The zero-order valence-corrected chi connectivity index (χ0v) is 14.5. The van der Waals surface area contributed by atoms with E-state index in [-0.39, 0.29) is 17.7 Å². The molecule has 0 aliphatic carbocycles. The molecule has 8 heteroatoms. The third-order valence-electron chi connectivity index (χ3n) is 5.38. The third kappa shape index (κ3) is 2.71. The lowest BCUT2D eigenvalue weighted by Gasteiger charge is -2.27. The fourth-order valence-corrected chi connectivity index (χ4v) is 3.80. The van der Waals surface area contributed by atoms with Crippen molar-refractivity contribution < 1.29 is 18.8 Å². The van der Waals surface area contributed by atoms with Crippen LogP contribution in [-0.4, -0.2) is 53.1 Å². The number of pyridine rings is 1. The number of likely N-dealkylation sites (tertiary alicyclic amines) is 1. The van der Waals surface area contributed by atoms with Crippen molar-refractivity contribution in [3.8, 4) is 5.88 Å². The number of ether oxygens (including phenoxy) is 1. The number of amides is 2. The van der Waals surface area contributed by atoms with E-state index in [1.807, 2.05) is 12.1 Å². The maximum atomic E-state index is 12.7. The summed E-state index contributed by atoms with van der Waals surface area (Å²) in [4.78, 5) is 31.2. The Labute approximate surface area is 150 Å². The van der Waals surface area contributed by atoms with E-state index < -0.39 is 5.41 Å². The Kier molecular flexibility index (Phi) is 4.10. The van der Waals surface area contributed by atoms with Gasteiger partial charge in [-0.25, -0.2) is 4.98 Å². The van der Waals surface area contributed by atoms with Crippen LogP contribution in [0.4, 0.5) is 0 Å². The summed E-state index contributed by atoms with van der Waals surface area (Å²) in [5.74, 6) is 0.362. The fourth-order valence-electron chi connectivity index (χ4n) is 3.80. The molecule has 0 radical (unpaired) electrons. The molecule has 4 rings (SSSR count). The Morgan fingerprint density at radius 3 is 3.12 bits per heavy atom. The number of hydrogen-bond donors (Lipinski definition) is 1. The van der Waals surface area contributed by atoms with E-state index in [4.69, 9.17) is 9.26 Å². The minimum Gasteiger partial charge on any atom is -0.477 e. The molecule has 136 valence electrons. The van der Waals surface area contributed by atoms with Crippen LogP contribution in [0.15, 0.2) is 35.2 Å². The number of aryl methyl sites for hydroxylation is 1. The predicted molar refractivity (Wildman–Crippen MR) is 90.4 cm³/mol. The SMILES string of the molecule is Cc1nocc1C(=O)N1CC[C@]2(C1)C(=O)NC[C@@H]2COc1ccccn1. The molecule has 26 heavy (non-hydrogen) atoms. The Balaban J connectivity index is 1.48. The first-order valence-corrected chi connectivity index (χ1v) is 8.62. The summed E-state index contributed by atoms with van der Waals surface area (Å²) in [5, 5.41) is 6.70. The largest absolute Gasteiger partial charge is 0.477 e. The molecule has 0 aromatic carbocycles. The first-order chi connectivity index (χ1) is 12.6. The number of rotatable bonds is 4. The van der Waals surface area contributed by atoms with Crippen LogP contribution in [-0.2, 0) is 4.79 Å².